The van der Waals surface area contributed by atoms with E-state index in [2.05, 4.69) is 31.8 Å². The molecule has 2 rings (SSSR count). The van der Waals surface area contributed by atoms with E-state index < -0.39 is 0 Å². The Hall–Kier alpha value is -2.14. The fraction of sp³-hybridized carbons (Fsp3) is 0.125. The highest BCUT2D eigenvalue weighted by Gasteiger charge is 2.01. The largest absolute Gasteiger partial charge is 0.376 e. The monoisotopic (exact) mass is 345 g/mol. The smallest absolute Gasteiger partial charge is 0.259 e. The molecule has 2 aromatic rings. The van der Waals surface area contributed by atoms with Crippen molar-refractivity contribution in [2.24, 2.45) is 5.10 Å². The third-order valence-electron chi connectivity index (χ3n) is 2.84. The second-order valence-corrected chi connectivity index (χ2v) is 5.37. The van der Waals surface area contributed by atoms with Crippen LogP contribution in [0, 0.1) is 0 Å². The first-order chi connectivity index (χ1) is 10.1. The lowest BCUT2D eigenvalue weighted by atomic mass is 10.1. The third kappa shape index (κ3) is 5.04. The highest BCUT2D eigenvalue weighted by atomic mass is 79.9. The Bertz CT molecular complexity index is 624. The average Bonchev–Trinajstić information content (AvgIpc) is 2.53. The van der Waals surface area contributed by atoms with E-state index in [0.717, 1.165) is 21.4 Å². The summed E-state index contributed by atoms with van der Waals surface area (Å²) in [5.41, 5.74) is 5.18. The highest BCUT2D eigenvalue weighted by Crippen LogP contribution is 2.13. The molecule has 1 amide bonds. The third-order valence-corrected chi connectivity index (χ3v) is 3.37. The van der Waals surface area contributed by atoms with Gasteiger partial charge in [-0.1, -0.05) is 46.3 Å². The number of amides is 1. The maximum Gasteiger partial charge on any atom is 0.259 e. The molecule has 0 heterocycles. The van der Waals surface area contributed by atoms with E-state index in [-0.39, 0.29) is 12.5 Å². The molecule has 108 valence electrons. The molecular weight excluding hydrogens is 330 g/mol. The Kier molecular flexibility index (Phi) is 5.51. The van der Waals surface area contributed by atoms with Gasteiger partial charge in [0.25, 0.3) is 5.91 Å². The van der Waals surface area contributed by atoms with Crippen LogP contribution in [0.3, 0.4) is 0 Å². The van der Waals surface area contributed by atoms with Gasteiger partial charge in [-0.05, 0) is 36.8 Å². The first-order valence-corrected chi connectivity index (χ1v) is 7.32. The molecule has 2 N–H and O–H groups in total. The number of nitrogens with zero attached hydrogens (tertiary/aromatic N) is 1. The summed E-state index contributed by atoms with van der Waals surface area (Å²) in [4.78, 5) is 11.7. The van der Waals surface area contributed by atoms with Crippen molar-refractivity contribution in [1.29, 1.82) is 0 Å². The molecule has 5 heteroatoms. The molecule has 0 fully saturated rings. The first kappa shape index (κ1) is 15.3. The molecule has 0 saturated carbocycles. The molecule has 0 aliphatic heterocycles. The molecule has 2 aromatic carbocycles. The van der Waals surface area contributed by atoms with Gasteiger partial charge in [0, 0.05) is 10.2 Å². The van der Waals surface area contributed by atoms with Crippen LogP contribution in [0.15, 0.2) is 64.2 Å². The fourth-order valence-corrected chi connectivity index (χ4v) is 1.94. The minimum absolute atomic E-state index is 0.174. The van der Waals surface area contributed by atoms with Crippen molar-refractivity contribution in [3.05, 3.63) is 64.6 Å². The minimum atomic E-state index is -0.187. The van der Waals surface area contributed by atoms with Gasteiger partial charge in [-0.3, -0.25) is 4.79 Å². The van der Waals surface area contributed by atoms with Crippen LogP contribution in [-0.4, -0.2) is 18.2 Å². The summed E-state index contributed by atoms with van der Waals surface area (Å²) < 4.78 is 1.00. The topological polar surface area (TPSA) is 53.5 Å². The molecular formula is C16H16BrN3O. The molecule has 0 aliphatic carbocycles. The number of carbonyl (C=O) groups excluding carboxylic acids is 1. The maximum atomic E-state index is 11.7. The van der Waals surface area contributed by atoms with Gasteiger partial charge >= 0.3 is 0 Å². The number of rotatable bonds is 5. The molecule has 0 spiro atoms. The van der Waals surface area contributed by atoms with E-state index >= 15 is 0 Å². The second-order valence-electron chi connectivity index (χ2n) is 4.46. The van der Waals surface area contributed by atoms with Crippen molar-refractivity contribution in [1.82, 2.24) is 5.43 Å². The Morgan fingerprint density at radius 1 is 1.10 bits per heavy atom. The van der Waals surface area contributed by atoms with Crippen LogP contribution >= 0.6 is 15.9 Å². The molecule has 4 nitrogen and oxygen atoms in total. The van der Waals surface area contributed by atoms with Crippen LogP contribution in [-0.2, 0) is 4.79 Å². The molecule has 0 saturated heterocycles. The van der Waals surface area contributed by atoms with Gasteiger partial charge < -0.3 is 5.32 Å². The molecule has 0 atom stereocenters. The molecule has 0 radical (unpaired) electrons. The van der Waals surface area contributed by atoms with E-state index in [0.29, 0.717) is 0 Å². The fourth-order valence-electron chi connectivity index (χ4n) is 1.68. The molecule has 21 heavy (non-hydrogen) atoms. The van der Waals surface area contributed by atoms with E-state index in [1.165, 1.54) is 0 Å². The van der Waals surface area contributed by atoms with Crippen LogP contribution in [0.4, 0.5) is 5.69 Å². The summed E-state index contributed by atoms with van der Waals surface area (Å²) in [6.45, 7) is 2.03. The minimum Gasteiger partial charge on any atom is -0.376 e. The predicted octanol–water partition coefficient (Wildman–Crippen LogP) is 3.40. The number of carbonyl (C=O) groups is 1. The quantitative estimate of drug-likeness (QED) is 0.644. The maximum absolute atomic E-state index is 11.7. The van der Waals surface area contributed by atoms with Crippen molar-refractivity contribution in [2.75, 3.05) is 11.9 Å². The summed E-state index contributed by atoms with van der Waals surface area (Å²) in [5, 5.41) is 7.12. The number of hydrogen-bond acceptors (Lipinski definition) is 3. The van der Waals surface area contributed by atoms with E-state index in [4.69, 9.17) is 0 Å². The molecule has 0 bridgehead atoms. The van der Waals surface area contributed by atoms with Crippen LogP contribution in [0.1, 0.15) is 12.5 Å². The highest BCUT2D eigenvalue weighted by molar-refractivity contribution is 9.10. The van der Waals surface area contributed by atoms with Gasteiger partial charge in [-0.25, -0.2) is 5.43 Å². The van der Waals surface area contributed by atoms with E-state index in [1.54, 1.807) is 0 Å². The molecule has 0 unspecified atom stereocenters. The van der Waals surface area contributed by atoms with Crippen molar-refractivity contribution in [3.63, 3.8) is 0 Å². The Morgan fingerprint density at radius 3 is 2.43 bits per heavy atom. The van der Waals surface area contributed by atoms with Gasteiger partial charge in [0.1, 0.15) is 0 Å². The second kappa shape index (κ2) is 7.59. The lowest BCUT2D eigenvalue weighted by Crippen LogP contribution is -2.26. The predicted molar refractivity (Wildman–Crippen MR) is 89.4 cm³/mol. The summed E-state index contributed by atoms with van der Waals surface area (Å²) in [6.07, 6.45) is 0. The zero-order chi connectivity index (χ0) is 15.1. The molecule has 0 aliphatic rings. The zero-order valence-corrected chi connectivity index (χ0v) is 13.2. The lowest BCUT2D eigenvalue weighted by molar-refractivity contribution is -0.119. The summed E-state index contributed by atoms with van der Waals surface area (Å²) >= 11 is 3.36. The normalized spacial score (nSPS) is 11.0. The lowest BCUT2D eigenvalue weighted by Gasteiger charge is -2.06. The zero-order valence-electron chi connectivity index (χ0n) is 11.6. The van der Waals surface area contributed by atoms with Crippen LogP contribution in [0.5, 0.6) is 0 Å². The molecule has 0 aromatic heterocycles. The van der Waals surface area contributed by atoms with Crippen molar-refractivity contribution in [2.45, 2.75) is 6.92 Å². The Morgan fingerprint density at radius 2 is 1.76 bits per heavy atom. The van der Waals surface area contributed by atoms with Gasteiger partial charge in [0.2, 0.25) is 0 Å². The average molecular weight is 346 g/mol. The van der Waals surface area contributed by atoms with E-state index in [9.17, 15) is 4.79 Å². The van der Waals surface area contributed by atoms with Crippen molar-refractivity contribution in [3.8, 4) is 0 Å². The Balaban J connectivity index is 1.83. The summed E-state index contributed by atoms with van der Waals surface area (Å²) in [7, 11) is 0. The van der Waals surface area contributed by atoms with Gasteiger partial charge in [-0.2, -0.15) is 5.10 Å². The van der Waals surface area contributed by atoms with Crippen LogP contribution in [0.25, 0.3) is 0 Å². The van der Waals surface area contributed by atoms with Gasteiger partial charge in [0.05, 0.1) is 12.3 Å². The van der Waals surface area contributed by atoms with Crippen LogP contribution < -0.4 is 10.7 Å². The van der Waals surface area contributed by atoms with Crippen LogP contribution in [0.2, 0.25) is 0 Å². The summed E-state index contributed by atoms with van der Waals surface area (Å²) in [6, 6.07) is 17.3. The number of nitrogens with one attached hydrogen (secondary N) is 2. The van der Waals surface area contributed by atoms with Crippen molar-refractivity contribution < 1.29 is 4.79 Å². The number of halogens is 1. The summed E-state index contributed by atoms with van der Waals surface area (Å²) in [5.74, 6) is -0.187. The first-order valence-electron chi connectivity index (χ1n) is 6.53. The number of benzene rings is 2. The van der Waals surface area contributed by atoms with Crippen molar-refractivity contribution >= 4 is 33.2 Å². The SMILES string of the molecule is CC(=NNC(=O)CNc1ccc(Br)cc1)c1ccccc1. The number of anilines is 1. The Labute approximate surface area is 132 Å². The van der Waals surface area contributed by atoms with Gasteiger partial charge in [0.15, 0.2) is 0 Å². The van der Waals surface area contributed by atoms with E-state index in [1.807, 2.05) is 61.5 Å². The standard InChI is InChI=1S/C16H16BrN3O/c1-12(13-5-3-2-4-6-13)19-20-16(21)11-18-15-9-7-14(17)8-10-15/h2-10,18H,11H2,1H3,(H,20,21). The van der Waals surface area contributed by atoms with Gasteiger partial charge in [-0.15, -0.1) is 0 Å². The number of hydrogen-bond donors (Lipinski definition) is 2. The number of hydrazone groups is 1.